The first kappa shape index (κ1) is 16.3. The highest BCUT2D eigenvalue weighted by molar-refractivity contribution is 7.09. The van der Waals surface area contributed by atoms with Crippen molar-refractivity contribution in [3.63, 3.8) is 0 Å². The van der Waals surface area contributed by atoms with E-state index in [9.17, 15) is 0 Å². The van der Waals surface area contributed by atoms with E-state index in [-0.39, 0.29) is 0 Å². The maximum Gasteiger partial charge on any atom is 0.122 e. The van der Waals surface area contributed by atoms with Crippen molar-refractivity contribution in [3.8, 4) is 0 Å². The molecule has 0 aromatic carbocycles. The van der Waals surface area contributed by atoms with Crippen LogP contribution in [0.25, 0.3) is 0 Å². The number of nitrogens with one attached hydrogen (secondary N) is 1. The van der Waals surface area contributed by atoms with Crippen LogP contribution < -0.4 is 5.32 Å². The molecule has 0 saturated carbocycles. The molecule has 21 heavy (non-hydrogen) atoms. The molecule has 0 bridgehead atoms. The third kappa shape index (κ3) is 4.99. The minimum Gasteiger partial charge on any atom is -0.468 e. The normalized spacial score (nSPS) is 13.0. The van der Waals surface area contributed by atoms with Gasteiger partial charge < -0.3 is 9.73 Å². The monoisotopic (exact) mass is 306 g/mol. The Balaban J connectivity index is 1.87. The summed E-state index contributed by atoms with van der Waals surface area (Å²) in [5.74, 6) is 1.08. The van der Waals surface area contributed by atoms with Crippen molar-refractivity contribution in [3.05, 3.63) is 46.0 Å². The van der Waals surface area contributed by atoms with Gasteiger partial charge in [0.2, 0.25) is 0 Å². The van der Waals surface area contributed by atoms with Crippen molar-refractivity contribution < 1.29 is 4.42 Å². The summed E-state index contributed by atoms with van der Waals surface area (Å²) in [6, 6.07) is 6.92. The SMILES string of the molecule is CCCNCc1ccoc1CN(C)C(C)Cc1cccs1. The van der Waals surface area contributed by atoms with Crippen molar-refractivity contribution in [2.75, 3.05) is 13.6 Å². The number of likely N-dealkylation sites (N-methyl/N-ethyl adjacent to an activating group) is 1. The highest BCUT2D eigenvalue weighted by Crippen LogP contribution is 2.17. The number of hydrogen-bond donors (Lipinski definition) is 1. The summed E-state index contributed by atoms with van der Waals surface area (Å²) in [7, 11) is 2.17. The van der Waals surface area contributed by atoms with Gasteiger partial charge in [0.15, 0.2) is 0 Å². The van der Waals surface area contributed by atoms with E-state index in [1.54, 1.807) is 6.26 Å². The van der Waals surface area contributed by atoms with Gasteiger partial charge in [0.1, 0.15) is 5.76 Å². The molecule has 0 aliphatic carbocycles. The lowest BCUT2D eigenvalue weighted by Gasteiger charge is -2.23. The molecule has 0 spiro atoms. The fourth-order valence-corrected chi connectivity index (χ4v) is 3.15. The van der Waals surface area contributed by atoms with Gasteiger partial charge in [-0.1, -0.05) is 13.0 Å². The first-order valence-corrected chi connectivity index (χ1v) is 8.57. The van der Waals surface area contributed by atoms with Crippen LogP contribution in [0.5, 0.6) is 0 Å². The first-order valence-electron chi connectivity index (χ1n) is 7.69. The zero-order valence-corrected chi connectivity index (χ0v) is 14.1. The molecule has 0 amide bonds. The van der Waals surface area contributed by atoms with E-state index in [2.05, 4.69) is 54.7 Å². The van der Waals surface area contributed by atoms with Gasteiger partial charge in [-0.15, -0.1) is 11.3 Å². The smallest absolute Gasteiger partial charge is 0.122 e. The predicted octanol–water partition coefficient (Wildman–Crippen LogP) is 3.90. The van der Waals surface area contributed by atoms with Crippen LogP contribution in [0.15, 0.2) is 34.3 Å². The highest BCUT2D eigenvalue weighted by atomic mass is 32.1. The lowest BCUT2D eigenvalue weighted by Crippen LogP contribution is -2.30. The summed E-state index contributed by atoms with van der Waals surface area (Å²) in [6.07, 6.45) is 4.05. The van der Waals surface area contributed by atoms with E-state index in [4.69, 9.17) is 4.42 Å². The molecule has 2 aromatic rings. The van der Waals surface area contributed by atoms with Gasteiger partial charge in [0.25, 0.3) is 0 Å². The summed E-state index contributed by atoms with van der Waals surface area (Å²) in [5, 5.41) is 5.58. The summed E-state index contributed by atoms with van der Waals surface area (Å²) in [4.78, 5) is 3.81. The molecule has 1 unspecified atom stereocenters. The maximum absolute atomic E-state index is 5.67. The molecule has 2 aromatic heterocycles. The van der Waals surface area contributed by atoms with Crippen LogP contribution in [-0.2, 0) is 19.5 Å². The number of hydrogen-bond acceptors (Lipinski definition) is 4. The molecule has 4 heteroatoms. The van der Waals surface area contributed by atoms with Gasteiger partial charge >= 0.3 is 0 Å². The molecule has 0 aliphatic rings. The summed E-state index contributed by atoms with van der Waals surface area (Å²) >= 11 is 1.83. The highest BCUT2D eigenvalue weighted by Gasteiger charge is 2.14. The molecule has 1 atom stereocenters. The number of rotatable bonds is 9. The standard InChI is InChI=1S/C17H26N2OS/c1-4-8-18-12-15-7-9-20-17(15)13-19(3)14(2)11-16-6-5-10-21-16/h5-7,9-10,14,18H,4,8,11-13H2,1-3H3. The Labute approximate surface area is 132 Å². The van der Waals surface area contributed by atoms with Crippen molar-refractivity contribution in [1.29, 1.82) is 0 Å². The van der Waals surface area contributed by atoms with Crippen LogP contribution in [0.3, 0.4) is 0 Å². The van der Waals surface area contributed by atoms with E-state index in [0.717, 1.165) is 38.2 Å². The number of thiophene rings is 1. The minimum absolute atomic E-state index is 0.505. The zero-order chi connectivity index (χ0) is 15.1. The molecular weight excluding hydrogens is 280 g/mol. The molecular formula is C17H26N2OS. The van der Waals surface area contributed by atoms with Crippen LogP contribution in [0, 0.1) is 0 Å². The Morgan fingerprint density at radius 3 is 2.95 bits per heavy atom. The van der Waals surface area contributed by atoms with Crippen molar-refractivity contribution in [2.24, 2.45) is 0 Å². The van der Waals surface area contributed by atoms with Gasteiger partial charge in [-0.3, -0.25) is 4.90 Å². The van der Waals surface area contributed by atoms with E-state index in [1.807, 2.05) is 11.3 Å². The molecule has 1 N–H and O–H groups in total. The molecule has 0 radical (unpaired) electrons. The Morgan fingerprint density at radius 2 is 2.24 bits per heavy atom. The van der Waals surface area contributed by atoms with E-state index >= 15 is 0 Å². The van der Waals surface area contributed by atoms with Gasteiger partial charge in [-0.25, -0.2) is 0 Å². The Hall–Kier alpha value is -1.10. The lowest BCUT2D eigenvalue weighted by molar-refractivity contribution is 0.228. The average Bonchev–Trinajstić information content (AvgIpc) is 3.11. The summed E-state index contributed by atoms with van der Waals surface area (Å²) in [6.45, 7) is 7.27. The Kier molecular flexibility index (Phi) is 6.49. The van der Waals surface area contributed by atoms with Crippen LogP contribution in [0.4, 0.5) is 0 Å². The van der Waals surface area contributed by atoms with Crippen molar-refractivity contribution in [1.82, 2.24) is 10.2 Å². The van der Waals surface area contributed by atoms with Gasteiger partial charge in [-0.2, -0.15) is 0 Å². The van der Waals surface area contributed by atoms with E-state index in [1.165, 1.54) is 10.4 Å². The molecule has 116 valence electrons. The molecule has 3 nitrogen and oxygen atoms in total. The summed E-state index contributed by atoms with van der Waals surface area (Å²) < 4.78 is 5.67. The number of furan rings is 1. The van der Waals surface area contributed by atoms with Crippen LogP contribution in [0.1, 0.15) is 36.5 Å². The summed E-state index contributed by atoms with van der Waals surface area (Å²) in [5.41, 5.74) is 1.28. The zero-order valence-electron chi connectivity index (χ0n) is 13.3. The predicted molar refractivity (Wildman–Crippen MR) is 89.7 cm³/mol. The van der Waals surface area contributed by atoms with Crippen molar-refractivity contribution >= 4 is 11.3 Å². The second-order valence-electron chi connectivity index (χ2n) is 5.59. The second-order valence-corrected chi connectivity index (χ2v) is 6.63. The maximum atomic E-state index is 5.67. The van der Waals surface area contributed by atoms with E-state index in [0.29, 0.717) is 6.04 Å². The van der Waals surface area contributed by atoms with Gasteiger partial charge in [0, 0.05) is 23.0 Å². The molecule has 0 aliphatic heterocycles. The van der Waals surface area contributed by atoms with E-state index < -0.39 is 0 Å². The molecule has 2 rings (SSSR count). The van der Waals surface area contributed by atoms with Gasteiger partial charge in [-0.05, 0) is 50.9 Å². The average molecular weight is 306 g/mol. The lowest BCUT2D eigenvalue weighted by atomic mass is 10.1. The Bertz CT molecular complexity index is 507. The topological polar surface area (TPSA) is 28.4 Å². The van der Waals surface area contributed by atoms with Crippen LogP contribution in [0.2, 0.25) is 0 Å². The second kappa shape index (κ2) is 8.37. The molecule has 0 saturated heterocycles. The minimum atomic E-state index is 0.505. The largest absolute Gasteiger partial charge is 0.468 e. The third-order valence-electron chi connectivity index (χ3n) is 3.80. The van der Waals surface area contributed by atoms with Gasteiger partial charge in [0.05, 0.1) is 12.8 Å². The Morgan fingerprint density at radius 1 is 1.38 bits per heavy atom. The van der Waals surface area contributed by atoms with Crippen LogP contribution in [-0.4, -0.2) is 24.5 Å². The van der Waals surface area contributed by atoms with Crippen molar-refractivity contribution in [2.45, 2.75) is 45.8 Å². The first-order chi connectivity index (χ1) is 10.2. The molecule has 2 heterocycles. The fourth-order valence-electron chi connectivity index (χ4n) is 2.32. The quantitative estimate of drug-likeness (QED) is 0.712. The van der Waals surface area contributed by atoms with Crippen LogP contribution >= 0.6 is 11.3 Å². The molecule has 0 fully saturated rings. The third-order valence-corrected chi connectivity index (χ3v) is 4.70. The number of nitrogens with zero attached hydrogens (tertiary/aromatic N) is 1. The fraction of sp³-hybridized carbons (Fsp3) is 0.529.